The summed E-state index contributed by atoms with van der Waals surface area (Å²) in [6.07, 6.45) is 3.44. The molecule has 230 valence electrons. The summed E-state index contributed by atoms with van der Waals surface area (Å²) in [7, 11) is 0. The van der Waals surface area contributed by atoms with Crippen molar-refractivity contribution in [1.29, 1.82) is 0 Å². The first kappa shape index (κ1) is 32.1. The Bertz CT molecular complexity index is 1290. The van der Waals surface area contributed by atoms with E-state index in [4.69, 9.17) is 0 Å². The Hall–Kier alpha value is -3.81. The molecule has 43 heavy (non-hydrogen) atoms. The Morgan fingerprint density at radius 3 is 1.81 bits per heavy atom. The summed E-state index contributed by atoms with van der Waals surface area (Å²) in [4.78, 5) is 67.3. The summed E-state index contributed by atoms with van der Waals surface area (Å²) in [5.41, 5.74) is 1.42. The van der Waals surface area contributed by atoms with Crippen molar-refractivity contribution >= 4 is 29.3 Å². The predicted octanol–water partition coefficient (Wildman–Crippen LogP) is 4.10. The van der Waals surface area contributed by atoms with Gasteiger partial charge in [-0.1, -0.05) is 74.5 Å². The number of hydrogen-bond acceptors (Lipinski definition) is 5. The lowest BCUT2D eigenvalue weighted by atomic mass is 9.90. The summed E-state index contributed by atoms with van der Waals surface area (Å²) in [6, 6.07) is 17.4. The monoisotopic (exact) mass is 587 g/mol. The van der Waals surface area contributed by atoms with Gasteiger partial charge in [0.05, 0.1) is 6.04 Å². The zero-order valence-electron chi connectivity index (χ0n) is 25.6. The van der Waals surface area contributed by atoms with Gasteiger partial charge in [-0.3, -0.25) is 24.0 Å². The van der Waals surface area contributed by atoms with E-state index in [2.05, 4.69) is 16.0 Å². The van der Waals surface area contributed by atoms with E-state index in [0.717, 1.165) is 24.0 Å². The minimum Gasteiger partial charge on any atom is -0.350 e. The molecule has 3 amide bonds. The third-order valence-corrected chi connectivity index (χ3v) is 8.62. The fourth-order valence-corrected chi connectivity index (χ4v) is 5.83. The van der Waals surface area contributed by atoms with Gasteiger partial charge in [-0.05, 0) is 62.5 Å². The Labute approximate surface area is 254 Å². The van der Waals surface area contributed by atoms with Crippen molar-refractivity contribution < 1.29 is 24.0 Å². The molecule has 2 fully saturated rings. The fraction of sp³-hybridized carbons (Fsp3) is 0.514. The standard InChI is InChI=1S/C35H45N3O5/c1-23(2)18-30-34(43)36-24(3)31(40)22-28(20-26-12-8-5-9-13-26)33(42)38-35(16-17-35)15-14-29(39)21-27(32(41)37-30)19-25-10-6-4-7-11-25/h4-13,23-24,27-28,30H,14-22H2,1-3H3,(H,36,43)(H,37,41)(H,38,42)/t24-,27+,28+,30-/m0/s1. The topological polar surface area (TPSA) is 121 Å². The Balaban J connectivity index is 1.60. The summed E-state index contributed by atoms with van der Waals surface area (Å²) in [5, 5.41) is 8.89. The zero-order valence-corrected chi connectivity index (χ0v) is 25.6. The van der Waals surface area contributed by atoms with Crippen molar-refractivity contribution in [2.75, 3.05) is 0 Å². The van der Waals surface area contributed by atoms with E-state index in [9.17, 15) is 24.0 Å². The Morgan fingerprint density at radius 1 is 0.721 bits per heavy atom. The minimum atomic E-state index is -0.857. The van der Waals surface area contributed by atoms with Crippen LogP contribution >= 0.6 is 0 Å². The van der Waals surface area contributed by atoms with Crippen LogP contribution in [-0.4, -0.2) is 46.9 Å². The van der Waals surface area contributed by atoms with Crippen LogP contribution in [0.15, 0.2) is 60.7 Å². The van der Waals surface area contributed by atoms with Gasteiger partial charge in [0.1, 0.15) is 11.8 Å². The lowest BCUT2D eigenvalue weighted by Gasteiger charge is -2.25. The average Bonchev–Trinajstić information content (AvgIpc) is 3.74. The molecule has 0 bridgehead atoms. The van der Waals surface area contributed by atoms with Crippen molar-refractivity contribution in [1.82, 2.24) is 16.0 Å². The van der Waals surface area contributed by atoms with E-state index >= 15 is 0 Å². The number of amides is 3. The highest BCUT2D eigenvalue weighted by Gasteiger charge is 2.45. The molecule has 0 unspecified atom stereocenters. The van der Waals surface area contributed by atoms with Crippen molar-refractivity contribution in [3.05, 3.63) is 71.8 Å². The van der Waals surface area contributed by atoms with Crippen molar-refractivity contribution in [3.8, 4) is 0 Å². The molecule has 0 aromatic heterocycles. The molecular formula is C35H45N3O5. The van der Waals surface area contributed by atoms with Crippen molar-refractivity contribution in [2.24, 2.45) is 17.8 Å². The zero-order chi connectivity index (χ0) is 31.0. The summed E-state index contributed by atoms with van der Waals surface area (Å²) >= 11 is 0. The normalized spacial score (nSPS) is 25.5. The maximum absolute atomic E-state index is 13.6. The van der Waals surface area contributed by atoms with Gasteiger partial charge in [0, 0.05) is 36.6 Å². The molecule has 2 aromatic carbocycles. The molecule has 1 heterocycles. The largest absolute Gasteiger partial charge is 0.350 e. The molecule has 1 spiro atoms. The number of Topliss-reactive ketones (excluding diaryl/α,β-unsaturated/α-hetero) is 2. The Kier molecular flexibility index (Phi) is 10.9. The molecule has 4 rings (SSSR count). The lowest BCUT2D eigenvalue weighted by Crippen LogP contribution is -2.52. The maximum atomic E-state index is 13.6. The molecule has 3 N–H and O–H groups in total. The number of rotatable bonds is 6. The molecular weight excluding hydrogens is 542 g/mol. The van der Waals surface area contributed by atoms with Crippen LogP contribution < -0.4 is 16.0 Å². The number of carbonyl (C=O) groups excluding carboxylic acids is 5. The van der Waals surface area contributed by atoms with E-state index in [-0.39, 0.29) is 48.6 Å². The van der Waals surface area contributed by atoms with Crippen LogP contribution in [0.4, 0.5) is 0 Å². The quantitative estimate of drug-likeness (QED) is 0.470. The van der Waals surface area contributed by atoms with Gasteiger partial charge in [-0.15, -0.1) is 0 Å². The molecule has 2 aromatic rings. The first-order valence-corrected chi connectivity index (χ1v) is 15.6. The van der Waals surface area contributed by atoms with Gasteiger partial charge in [-0.25, -0.2) is 0 Å². The van der Waals surface area contributed by atoms with E-state index in [1.54, 1.807) is 6.92 Å². The first-order valence-electron chi connectivity index (χ1n) is 15.6. The van der Waals surface area contributed by atoms with E-state index in [1.165, 1.54) is 0 Å². The highest BCUT2D eigenvalue weighted by molar-refractivity contribution is 5.95. The molecule has 1 aliphatic heterocycles. The SMILES string of the molecule is CC(C)C[C@@H]1NC(=O)[C@H](Cc2ccccc2)CC(=O)CCC2(CC2)NC(=O)[C@H](Cc2ccccc2)CC(=O)[C@H](C)NC1=O. The predicted molar refractivity (Wildman–Crippen MR) is 165 cm³/mol. The van der Waals surface area contributed by atoms with E-state index in [1.807, 2.05) is 74.5 Å². The van der Waals surface area contributed by atoms with Crippen molar-refractivity contribution in [2.45, 2.75) is 96.2 Å². The summed E-state index contributed by atoms with van der Waals surface area (Å²) < 4.78 is 0. The molecule has 2 aliphatic rings. The average molecular weight is 588 g/mol. The fourth-order valence-electron chi connectivity index (χ4n) is 5.83. The van der Waals surface area contributed by atoms with Crippen LogP contribution in [0.2, 0.25) is 0 Å². The third-order valence-electron chi connectivity index (χ3n) is 8.62. The minimum absolute atomic E-state index is 0.0302. The first-order chi connectivity index (χ1) is 20.5. The van der Waals surface area contributed by atoms with Crippen molar-refractivity contribution in [3.63, 3.8) is 0 Å². The lowest BCUT2D eigenvalue weighted by molar-refractivity contribution is -0.134. The number of benzene rings is 2. The smallest absolute Gasteiger partial charge is 0.243 e. The molecule has 8 nitrogen and oxygen atoms in total. The van der Waals surface area contributed by atoms with Gasteiger partial charge < -0.3 is 16.0 Å². The summed E-state index contributed by atoms with van der Waals surface area (Å²) in [6.45, 7) is 5.55. The maximum Gasteiger partial charge on any atom is 0.243 e. The van der Waals surface area contributed by atoms with Crippen LogP contribution in [0.1, 0.15) is 76.8 Å². The van der Waals surface area contributed by atoms with Gasteiger partial charge >= 0.3 is 0 Å². The number of hydrogen-bond donors (Lipinski definition) is 3. The van der Waals surface area contributed by atoms with E-state index < -0.39 is 35.4 Å². The molecule has 8 heteroatoms. The van der Waals surface area contributed by atoms with E-state index in [0.29, 0.717) is 25.7 Å². The van der Waals surface area contributed by atoms with Crippen LogP contribution in [0.3, 0.4) is 0 Å². The third kappa shape index (κ3) is 9.60. The molecule has 1 saturated carbocycles. The number of carbonyl (C=O) groups is 5. The van der Waals surface area contributed by atoms with Gasteiger partial charge in [0.25, 0.3) is 0 Å². The van der Waals surface area contributed by atoms with Crippen LogP contribution in [0.5, 0.6) is 0 Å². The molecule has 1 saturated heterocycles. The second-order valence-corrected chi connectivity index (χ2v) is 12.9. The van der Waals surface area contributed by atoms with Crippen LogP contribution in [-0.2, 0) is 36.8 Å². The van der Waals surface area contributed by atoms with Gasteiger partial charge in [0.15, 0.2) is 5.78 Å². The summed E-state index contributed by atoms with van der Waals surface area (Å²) in [5.74, 6) is -2.45. The number of nitrogens with one attached hydrogen (secondary N) is 3. The second kappa shape index (κ2) is 14.6. The van der Waals surface area contributed by atoms with Gasteiger partial charge in [0.2, 0.25) is 17.7 Å². The molecule has 4 atom stereocenters. The van der Waals surface area contributed by atoms with Gasteiger partial charge in [-0.2, -0.15) is 0 Å². The number of ketones is 2. The highest BCUT2D eigenvalue weighted by Crippen LogP contribution is 2.40. The molecule has 1 aliphatic carbocycles. The molecule has 0 radical (unpaired) electrons. The highest BCUT2D eigenvalue weighted by atomic mass is 16.2. The van der Waals surface area contributed by atoms with Crippen LogP contribution in [0.25, 0.3) is 0 Å². The second-order valence-electron chi connectivity index (χ2n) is 12.9. The van der Waals surface area contributed by atoms with Crippen LogP contribution in [0, 0.1) is 17.8 Å². The Morgan fingerprint density at radius 2 is 1.28 bits per heavy atom.